The molecule has 198 valence electrons. The third-order valence-corrected chi connectivity index (χ3v) is 9.41. The van der Waals surface area contributed by atoms with E-state index in [1.807, 2.05) is 24.3 Å². The average molecular weight is 505 g/mol. The standard InChI is InChI=1S/C31H40N2O4/c1-31-16-15-26-25-14-12-24(37-3)18-20(25)7-13-27(26)29(31)21(19-28(31)34)6-4-5-17-32-30(35)33-22-8-10-23(36-2)11-9-22/h8-12,14,18,21,26-27,29H,4-7,13,15-17,19H2,1-3H3,(H2,32,33,35)/t21-,26-,27-,29+,31-/m1/s1. The lowest BCUT2D eigenvalue weighted by Crippen LogP contribution is -2.44. The van der Waals surface area contributed by atoms with Crippen molar-refractivity contribution in [3.8, 4) is 11.5 Å². The van der Waals surface area contributed by atoms with Crippen molar-refractivity contribution in [2.24, 2.45) is 23.2 Å². The molecule has 2 amide bonds. The second kappa shape index (κ2) is 10.8. The highest BCUT2D eigenvalue weighted by Gasteiger charge is 2.58. The van der Waals surface area contributed by atoms with Crippen LogP contribution in [0.25, 0.3) is 0 Å². The summed E-state index contributed by atoms with van der Waals surface area (Å²) in [5.74, 6) is 4.26. The molecule has 3 aliphatic rings. The number of Topliss-reactive ketones (excluding diaryl/α,β-unsaturated/α-hetero) is 1. The summed E-state index contributed by atoms with van der Waals surface area (Å²) in [6, 6.07) is 13.7. The van der Waals surface area contributed by atoms with E-state index in [1.54, 1.807) is 14.2 Å². The molecule has 0 heterocycles. The molecule has 0 spiro atoms. The van der Waals surface area contributed by atoms with Crippen molar-refractivity contribution in [2.75, 3.05) is 26.1 Å². The second-order valence-electron chi connectivity index (χ2n) is 11.3. The summed E-state index contributed by atoms with van der Waals surface area (Å²) in [6.45, 7) is 2.89. The predicted molar refractivity (Wildman–Crippen MR) is 145 cm³/mol. The van der Waals surface area contributed by atoms with Gasteiger partial charge in [0.1, 0.15) is 17.3 Å². The molecule has 5 atom stereocenters. The normalized spacial score (nSPS) is 28.0. The molecule has 0 bridgehead atoms. The number of amides is 2. The fourth-order valence-electron chi connectivity index (χ4n) is 7.59. The van der Waals surface area contributed by atoms with E-state index in [4.69, 9.17) is 9.47 Å². The van der Waals surface area contributed by atoms with Crippen LogP contribution in [0.5, 0.6) is 11.5 Å². The maximum Gasteiger partial charge on any atom is 0.319 e. The van der Waals surface area contributed by atoms with Gasteiger partial charge >= 0.3 is 6.03 Å². The van der Waals surface area contributed by atoms with Crippen LogP contribution in [0, 0.1) is 23.2 Å². The molecule has 2 fully saturated rings. The number of methoxy groups -OCH3 is 2. The lowest BCUT2D eigenvalue weighted by atomic mass is 9.54. The van der Waals surface area contributed by atoms with Gasteiger partial charge in [-0.15, -0.1) is 0 Å². The van der Waals surface area contributed by atoms with Crippen molar-refractivity contribution >= 4 is 17.5 Å². The number of ether oxygens (including phenoxy) is 2. The van der Waals surface area contributed by atoms with Crippen molar-refractivity contribution in [2.45, 2.75) is 64.2 Å². The summed E-state index contributed by atoms with van der Waals surface area (Å²) in [4.78, 5) is 25.5. The summed E-state index contributed by atoms with van der Waals surface area (Å²) in [6.07, 6.45) is 8.10. The first-order valence-electron chi connectivity index (χ1n) is 13.8. The number of urea groups is 1. The lowest BCUT2D eigenvalue weighted by molar-refractivity contribution is -0.129. The number of fused-ring (bicyclic) bond motifs is 5. The van der Waals surface area contributed by atoms with Gasteiger partial charge in [-0.05, 0) is 110 Å². The van der Waals surface area contributed by atoms with E-state index >= 15 is 0 Å². The minimum absolute atomic E-state index is 0.160. The molecule has 0 unspecified atom stereocenters. The Bertz CT molecular complexity index is 1130. The topological polar surface area (TPSA) is 76.7 Å². The van der Waals surface area contributed by atoms with Gasteiger partial charge in [0.05, 0.1) is 14.2 Å². The van der Waals surface area contributed by atoms with E-state index in [0.717, 1.165) is 62.1 Å². The molecule has 0 aliphatic heterocycles. The summed E-state index contributed by atoms with van der Waals surface area (Å²) < 4.78 is 10.6. The van der Waals surface area contributed by atoms with Gasteiger partial charge in [0.15, 0.2) is 0 Å². The van der Waals surface area contributed by atoms with Crippen LogP contribution < -0.4 is 20.1 Å². The number of rotatable bonds is 8. The van der Waals surface area contributed by atoms with E-state index in [9.17, 15) is 9.59 Å². The molecule has 0 radical (unpaired) electrons. The molecular formula is C31H40N2O4. The zero-order valence-electron chi connectivity index (χ0n) is 22.3. The fraction of sp³-hybridized carbons (Fsp3) is 0.548. The minimum Gasteiger partial charge on any atom is -0.497 e. The quantitative estimate of drug-likeness (QED) is 0.411. The predicted octanol–water partition coefficient (Wildman–Crippen LogP) is 6.35. The molecule has 6 heteroatoms. The van der Waals surface area contributed by atoms with Gasteiger partial charge < -0.3 is 20.1 Å². The molecule has 2 aromatic carbocycles. The second-order valence-corrected chi connectivity index (χ2v) is 11.3. The molecule has 2 N–H and O–H groups in total. The zero-order valence-corrected chi connectivity index (χ0v) is 22.3. The monoisotopic (exact) mass is 504 g/mol. The first kappa shape index (κ1) is 25.6. The van der Waals surface area contributed by atoms with Crippen LogP contribution in [0.15, 0.2) is 42.5 Å². The average Bonchev–Trinajstić information content (AvgIpc) is 3.17. The van der Waals surface area contributed by atoms with Crippen LogP contribution in [0.4, 0.5) is 10.5 Å². The number of carbonyl (C=O) groups excluding carboxylic acids is 2. The minimum atomic E-state index is -0.193. The van der Waals surface area contributed by atoms with Gasteiger partial charge in [-0.2, -0.15) is 0 Å². The number of ketones is 1. The van der Waals surface area contributed by atoms with Gasteiger partial charge in [-0.1, -0.05) is 19.4 Å². The molecule has 5 rings (SSSR count). The van der Waals surface area contributed by atoms with E-state index in [2.05, 4.69) is 35.8 Å². The summed E-state index contributed by atoms with van der Waals surface area (Å²) >= 11 is 0. The molecule has 0 saturated heterocycles. The van der Waals surface area contributed by atoms with E-state index < -0.39 is 0 Å². The molecule has 2 aromatic rings. The Morgan fingerprint density at radius 1 is 1.03 bits per heavy atom. The number of anilines is 1. The Morgan fingerprint density at radius 3 is 2.54 bits per heavy atom. The Balaban J connectivity index is 1.15. The number of benzene rings is 2. The SMILES string of the molecule is COc1ccc(NC(=O)NCCCC[C@@H]2CC(=O)[C@@]3(C)CC[C@@H]4c5ccc(OC)cc5CC[C@H]4[C@H]23)cc1. The van der Waals surface area contributed by atoms with Gasteiger partial charge in [0.25, 0.3) is 0 Å². The van der Waals surface area contributed by atoms with Crippen molar-refractivity contribution in [1.29, 1.82) is 0 Å². The molecule has 3 aliphatic carbocycles. The van der Waals surface area contributed by atoms with Crippen LogP contribution >= 0.6 is 0 Å². The van der Waals surface area contributed by atoms with Crippen molar-refractivity contribution in [3.05, 3.63) is 53.6 Å². The van der Waals surface area contributed by atoms with Crippen LogP contribution in [0.3, 0.4) is 0 Å². The molecule has 0 aromatic heterocycles. The van der Waals surface area contributed by atoms with Gasteiger partial charge in [0, 0.05) is 24.1 Å². The highest BCUT2D eigenvalue weighted by Crippen LogP contribution is 2.62. The maximum atomic E-state index is 13.2. The highest BCUT2D eigenvalue weighted by atomic mass is 16.5. The Hall–Kier alpha value is -3.02. The van der Waals surface area contributed by atoms with Crippen LogP contribution in [0.2, 0.25) is 0 Å². The van der Waals surface area contributed by atoms with E-state index in [1.165, 1.54) is 17.5 Å². The van der Waals surface area contributed by atoms with Gasteiger partial charge in [0.2, 0.25) is 0 Å². The number of aryl methyl sites for hydroxylation is 1. The molecule has 6 nitrogen and oxygen atoms in total. The Morgan fingerprint density at radius 2 is 1.78 bits per heavy atom. The van der Waals surface area contributed by atoms with Crippen molar-refractivity contribution < 1.29 is 19.1 Å². The summed E-state index contributed by atoms with van der Waals surface area (Å²) in [5.41, 5.74) is 3.50. The maximum absolute atomic E-state index is 13.2. The third kappa shape index (κ3) is 5.07. The number of hydrogen-bond donors (Lipinski definition) is 2. The smallest absolute Gasteiger partial charge is 0.319 e. The Kier molecular flexibility index (Phi) is 7.45. The number of hydrogen-bond acceptors (Lipinski definition) is 4. The summed E-state index contributed by atoms with van der Waals surface area (Å²) in [5, 5.41) is 5.83. The first-order valence-corrected chi connectivity index (χ1v) is 13.8. The van der Waals surface area contributed by atoms with Crippen molar-refractivity contribution in [3.63, 3.8) is 0 Å². The third-order valence-electron chi connectivity index (χ3n) is 9.41. The van der Waals surface area contributed by atoms with Crippen LogP contribution in [-0.4, -0.2) is 32.6 Å². The molecular weight excluding hydrogens is 464 g/mol. The lowest BCUT2D eigenvalue weighted by Gasteiger charge is -2.50. The molecule has 2 saturated carbocycles. The number of unbranched alkanes of at least 4 members (excludes halogenated alkanes) is 1. The molecule has 37 heavy (non-hydrogen) atoms. The van der Waals surface area contributed by atoms with E-state index in [-0.39, 0.29) is 11.4 Å². The highest BCUT2D eigenvalue weighted by molar-refractivity contribution is 5.89. The van der Waals surface area contributed by atoms with Crippen LogP contribution in [0.1, 0.15) is 68.9 Å². The first-order chi connectivity index (χ1) is 17.9. The fourth-order valence-corrected chi connectivity index (χ4v) is 7.59. The number of carbonyl (C=O) groups is 2. The summed E-state index contributed by atoms with van der Waals surface area (Å²) in [7, 11) is 3.35. The largest absolute Gasteiger partial charge is 0.497 e. The van der Waals surface area contributed by atoms with Gasteiger partial charge in [-0.25, -0.2) is 4.79 Å². The van der Waals surface area contributed by atoms with E-state index in [0.29, 0.717) is 36.0 Å². The van der Waals surface area contributed by atoms with Crippen molar-refractivity contribution in [1.82, 2.24) is 5.32 Å². The zero-order chi connectivity index (χ0) is 26.0. The van der Waals surface area contributed by atoms with Crippen LogP contribution in [-0.2, 0) is 11.2 Å². The number of nitrogens with one attached hydrogen (secondary N) is 2. The Labute approximate surface area is 220 Å². The van der Waals surface area contributed by atoms with Gasteiger partial charge in [-0.3, -0.25) is 4.79 Å².